The van der Waals surface area contributed by atoms with Crippen molar-refractivity contribution in [2.45, 2.75) is 4.90 Å². The first-order valence-electron chi connectivity index (χ1n) is 4.61. The summed E-state index contributed by atoms with van der Waals surface area (Å²) in [5.74, 6) is 0. The Kier molecular flexibility index (Phi) is 3.28. The molecule has 2 aromatic rings. The van der Waals surface area contributed by atoms with Crippen molar-refractivity contribution in [1.82, 2.24) is 4.98 Å². The molecular weight excluding hydrogens is 224 g/mol. The summed E-state index contributed by atoms with van der Waals surface area (Å²) in [5, 5.41) is 6.07. The summed E-state index contributed by atoms with van der Waals surface area (Å²) >= 11 is 3.38. The third-order valence-corrected chi connectivity index (χ3v) is 3.71. The first kappa shape index (κ1) is 10.5. The second-order valence-corrected chi connectivity index (χ2v) is 4.75. The molecule has 1 aromatic carbocycles. The minimum atomic E-state index is 0.957. The van der Waals surface area contributed by atoms with Crippen LogP contribution in [-0.2, 0) is 0 Å². The van der Waals surface area contributed by atoms with Gasteiger partial charge in [0.15, 0.2) is 5.13 Å². The van der Waals surface area contributed by atoms with E-state index in [1.54, 1.807) is 23.1 Å². The molecule has 0 saturated carbocycles. The van der Waals surface area contributed by atoms with E-state index in [9.17, 15) is 0 Å². The quantitative estimate of drug-likeness (QED) is 0.825. The molecule has 1 heterocycles. The van der Waals surface area contributed by atoms with Crippen LogP contribution in [0.4, 0.5) is 5.13 Å². The molecule has 2 rings (SSSR count). The van der Waals surface area contributed by atoms with Crippen molar-refractivity contribution < 1.29 is 0 Å². The molecule has 0 fully saturated rings. The average Bonchev–Trinajstić information content (AvgIpc) is 2.78. The lowest BCUT2D eigenvalue weighted by Crippen LogP contribution is -1.85. The Morgan fingerprint density at radius 3 is 2.53 bits per heavy atom. The summed E-state index contributed by atoms with van der Waals surface area (Å²) in [6.45, 7) is 0. The Balaban J connectivity index is 2.28. The molecule has 1 N–H and O–H groups in total. The van der Waals surface area contributed by atoms with Gasteiger partial charge in [-0.05, 0) is 18.4 Å². The number of thiazole rings is 1. The number of benzene rings is 1. The maximum absolute atomic E-state index is 4.46. The van der Waals surface area contributed by atoms with Gasteiger partial charge in [0.1, 0.15) is 0 Å². The third-order valence-electron chi connectivity index (χ3n) is 2.10. The van der Waals surface area contributed by atoms with Crippen LogP contribution in [0.3, 0.4) is 0 Å². The molecule has 0 atom stereocenters. The summed E-state index contributed by atoms with van der Waals surface area (Å²) in [4.78, 5) is 5.74. The smallest absolute Gasteiger partial charge is 0.182 e. The van der Waals surface area contributed by atoms with Gasteiger partial charge in [-0.1, -0.05) is 12.1 Å². The molecule has 0 amide bonds. The highest BCUT2D eigenvalue weighted by atomic mass is 32.2. The van der Waals surface area contributed by atoms with Crippen LogP contribution in [0, 0.1) is 0 Å². The number of hydrogen-bond donors (Lipinski definition) is 1. The standard InChI is InChI=1S/C11H12N2S2/c1-12-11-13-10(7-15-11)8-3-5-9(14-2)6-4-8/h3-7H,1-2H3,(H,12,13). The van der Waals surface area contributed by atoms with Gasteiger partial charge in [0, 0.05) is 22.9 Å². The fraction of sp³-hybridized carbons (Fsp3) is 0.182. The zero-order chi connectivity index (χ0) is 10.7. The van der Waals surface area contributed by atoms with Gasteiger partial charge in [0.05, 0.1) is 5.69 Å². The summed E-state index contributed by atoms with van der Waals surface area (Å²) in [5.41, 5.74) is 2.21. The molecule has 2 nitrogen and oxygen atoms in total. The number of hydrogen-bond acceptors (Lipinski definition) is 4. The molecule has 15 heavy (non-hydrogen) atoms. The highest BCUT2D eigenvalue weighted by Gasteiger charge is 2.02. The predicted octanol–water partition coefficient (Wildman–Crippen LogP) is 3.57. The van der Waals surface area contributed by atoms with E-state index in [4.69, 9.17) is 0 Å². The summed E-state index contributed by atoms with van der Waals surface area (Å²) in [6, 6.07) is 8.47. The van der Waals surface area contributed by atoms with E-state index in [1.165, 1.54) is 10.5 Å². The van der Waals surface area contributed by atoms with Gasteiger partial charge >= 0.3 is 0 Å². The second-order valence-electron chi connectivity index (χ2n) is 3.02. The number of nitrogens with one attached hydrogen (secondary N) is 1. The van der Waals surface area contributed by atoms with Crippen molar-refractivity contribution in [1.29, 1.82) is 0 Å². The van der Waals surface area contributed by atoms with Crippen LogP contribution in [0.2, 0.25) is 0 Å². The molecule has 1 aromatic heterocycles. The fourth-order valence-electron chi connectivity index (χ4n) is 1.28. The predicted molar refractivity (Wildman–Crippen MR) is 68.9 cm³/mol. The first-order chi connectivity index (χ1) is 7.33. The van der Waals surface area contributed by atoms with Crippen molar-refractivity contribution in [3.05, 3.63) is 29.6 Å². The maximum atomic E-state index is 4.46. The minimum Gasteiger partial charge on any atom is -0.365 e. The van der Waals surface area contributed by atoms with E-state index in [2.05, 4.69) is 46.2 Å². The lowest BCUT2D eigenvalue weighted by atomic mass is 10.2. The molecule has 0 aliphatic heterocycles. The van der Waals surface area contributed by atoms with Crippen LogP contribution in [0.25, 0.3) is 11.3 Å². The molecule has 0 aliphatic rings. The Bertz CT molecular complexity index is 434. The molecule has 0 radical (unpaired) electrons. The fourth-order valence-corrected chi connectivity index (χ4v) is 2.37. The summed E-state index contributed by atoms with van der Waals surface area (Å²) in [6.07, 6.45) is 2.08. The number of anilines is 1. The zero-order valence-corrected chi connectivity index (χ0v) is 10.3. The maximum Gasteiger partial charge on any atom is 0.182 e. The van der Waals surface area contributed by atoms with Crippen LogP contribution < -0.4 is 5.32 Å². The number of rotatable bonds is 3. The average molecular weight is 236 g/mol. The van der Waals surface area contributed by atoms with Gasteiger partial charge in [-0.25, -0.2) is 4.98 Å². The van der Waals surface area contributed by atoms with E-state index >= 15 is 0 Å². The Hall–Kier alpha value is -1.00. The Morgan fingerprint density at radius 2 is 2.00 bits per heavy atom. The second kappa shape index (κ2) is 4.68. The van der Waals surface area contributed by atoms with Crippen molar-refractivity contribution >= 4 is 28.2 Å². The highest BCUT2D eigenvalue weighted by molar-refractivity contribution is 7.98. The molecule has 0 saturated heterocycles. The largest absolute Gasteiger partial charge is 0.365 e. The molecule has 0 bridgehead atoms. The molecule has 4 heteroatoms. The van der Waals surface area contributed by atoms with E-state index < -0.39 is 0 Å². The van der Waals surface area contributed by atoms with Crippen LogP contribution in [0.5, 0.6) is 0 Å². The topological polar surface area (TPSA) is 24.9 Å². The van der Waals surface area contributed by atoms with Crippen molar-refractivity contribution in [3.63, 3.8) is 0 Å². The highest BCUT2D eigenvalue weighted by Crippen LogP contribution is 2.26. The summed E-state index contributed by atoms with van der Waals surface area (Å²) < 4.78 is 0. The van der Waals surface area contributed by atoms with Crippen LogP contribution in [0.15, 0.2) is 34.5 Å². The Labute approximate surface area is 97.8 Å². The molecule has 0 spiro atoms. The summed E-state index contributed by atoms with van der Waals surface area (Å²) in [7, 11) is 1.89. The minimum absolute atomic E-state index is 0.957. The van der Waals surface area contributed by atoms with Gasteiger partial charge in [-0.2, -0.15) is 0 Å². The normalized spacial score (nSPS) is 10.3. The van der Waals surface area contributed by atoms with Crippen molar-refractivity contribution in [3.8, 4) is 11.3 Å². The Morgan fingerprint density at radius 1 is 1.27 bits per heavy atom. The van der Waals surface area contributed by atoms with Gasteiger partial charge in [-0.3, -0.25) is 0 Å². The third kappa shape index (κ3) is 2.33. The van der Waals surface area contributed by atoms with Crippen LogP contribution in [0.1, 0.15) is 0 Å². The zero-order valence-electron chi connectivity index (χ0n) is 8.65. The molecular formula is C11H12N2S2. The lowest BCUT2D eigenvalue weighted by Gasteiger charge is -1.98. The number of aromatic nitrogens is 1. The van der Waals surface area contributed by atoms with E-state index in [0.29, 0.717) is 0 Å². The molecule has 78 valence electrons. The number of thioether (sulfide) groups is 1. The first-order valence-corrected chi connectivity index (χ1v) is 6.71. The van der Waals surface area contributed by atoms with Gasteiger partial charge in [0.25, 0.3) is 0 Å². The van der Waals surface area contributed by atoms with Crippen molar-refractivity contribution in [2.24, 2.45) is 0 Å². The molecule has 0 aliphatic carbocycles. The van der Waals surface area contributed by atoms with Crippen LogP contribution in [-0.4, -0.2) is 18.3 Å². The van der Waals surface area contributed by atoms with Crippen molar-refractivity contribution in [2.75, 3.05) is 18.6 Å². The van der Waals surface area contributed by atoms with E-state index in [0.717, 1.165) is 10.8 Å². The van der Waals surface area contributed by atoms with Gasteiger partial charge in [0.2, 0.25) is 0 Å². The van der Waals surface area contributed by atoms with E-state index in [-0.39, 0.29) is 0 Å². The molecule has 0 unspecified atom stereocenters. The van der Waals surface area contributed by atoms with Gasteiger partial charge < -0.3 is 5.32 Å². The SMILES string of the molecule is CNc1nc(-c2ccc(SC)cc2)cs1. The van der Waals surface area contributed by atoms with Crippen LogP contribution >= 0.6 is 23.1 Å². The lowest BCUT2D eigenvalue weighted by molar-refractivity contribution is 1.35. The monoisotopic (exact) mass is 236 g/mol. The number of nitrogens with zero attached hydrogens (tertiary/aromatic N) is 1. The van der Waals surface area contributed by atoms with E-state index in [1.807, 2.05) is 7.05 Å². The van der Waals surface area contributed by atoms with Gasteiger partial charge in [-0.15, -0.1) is 23.1 Å².